The van der Waals surface area contributed by atoms with E-state index in [9.17, 15) is 22.8 Å². The Bertz CT molecular complexity index is 981. The smallest absolute Gasteiger partial charge is 0.318 e. The molecule has 1 heterocycles. The molecule has 0 saturated carbocycles. The maximum Gasteiger partial charge on any atom is 0.326 e. The zero-order chi connectivity index (χ0) is 18.0. The molecule has 0 aliphatic rings. The van der Waals surface area contributed by atoms with Crippen LogP contribution in [-0.2, 0) is 6.54 Å². The lowest BCUT2D eigenvalue weighted by atomic mass is 10.2. The first-order chi connectivity index (χ1) is 12.0. The lowest BCUT2D eigenvalue weighted by Gasteiger charge is -2.09. The van der Waals surface area contributed by atoms with E-state index in [0.717, 1.165) is 16.2 Å². The molecule has 1 aromatic heterocycles. The summed E-state index contributed by atoms with van der Waals surface area (Å²) in [5.74, 6) is -5.40. The summed E-state index contributed by atoms with van der Waals surface area (Å²) < 4.78 is 41.0. The lowest BCUT2D eigenvalue weighted by molar-refractivity contribution is 0.101. The summed E-state index contributed by atoms with van der Waals surface area (Å²) in [7, 11) is 0. The van der Waals surface area contributed by atoms with Crippen LogP contribution < -0.4 is 11.0 Å². The Hall–Kier alpha value is -3.29. The average Bonchev–Trinajstić information content (AvgIpc) is 2.97. The molecule has 8 heteroatoms. The number of aromatic amines is 1. The molecule has 0 unspecified atom stereocenters. The Kier molecular flexibility index (Phi) is 4.42. The third kappa shape index (κ3) is 3.32. The van der Waals surface area contributed by atoms with Gasteiger partial charge in [-0.2, -0.15) is 0 Å². The van der Waals surface area contributed by atoms with Gasteiger partial charge in [0.2, 0.25) is 0 Å². The highest BCUT2D eigenvalue weighted by Gasteiger charge is 2.19. The average molecular weight is 347 g/mol. The van der Waals surface area contributed by atoms with Crippen molar-refractivity contribution in [3.8, 4) is 0 Å². The molecule has 0 saturated heterocycles. The minimum Gasteiger partial charge on any atom is -0.318 e. The van der Waals surface area contributed by atoms with Gasteiger partial charge in [0.15, 0.2) is 17.5 Å². The van der Waals surface area contributed by atoms with E-state index in [1.807, 2.05) is 6.07 Å². The van der Waals surface area contributed by atoms with Crippen LogP contribution >= 0.6 is 0 Å². The highest BCUT2D eigenvalue weighted by atomic mass is 19.2. The van der Waals surface area contributed by atoms with Crippen molar-refractivity contribution in [2.24, 2.45) is 0 Å². The topological polar surface area (TPSA) is 66.9 Å². The van der Waals surface area contributed by atoms with Gasteiger partial charge in [-0.3, -0.25) is 9.36 Å². The number of hydrogen-bond donors (Lipinski definition) is 2. The van der Waals surface area contributed by atoms with Gasteiger partial charge in [0.1, 0.15) is 5.69 Å². The SMILES string of the molecule is O=C(Nc1ccc(F)c(F)c1F)c1c[nH]c(=O)n1Cc1ccccc1. The van der Waals surface area contributed by atoms with Crippen LogP contribution in [0.25, 0.3) is 0 Å². The summed E-state index contributed by atoms with van der Waals surface area (Å²) in [6.45, 7) is 0.117. The van der Waals surface area contributed by atoms with Crippen molar-refractivity contribution in [1.29, 1.82) is 0 Å². The number of carbonyl (C=O) groups is 1. The second-order valence-corrected chi connectivity index (χ2v) is 5.23. The van der Waals surface area contributed by atoms with Crippen molar-refractivity contribution in [1.82, 2.24) is 9.55 Å². The summed E-state index contributed by atoms with van der Waals surface area (Å²) in [4.78, 5) is 26.6. The summed E-state index contributed by atoms with van der Waals surface area (Å²) in [6, 6.07) is 10.5. The Labute approximate surface area is 139 Å². The maximum atomic E-state index is 13.7. The van der Waals surface area contributed by atoms with Gasteiger partial charge in [0.25, 0.3) is 5.91 Å². The highest BCUT2D eigenvalue weighted by molar-refractivity contribution is 6.03. The van der Waals surface area contributed by atoms with Crippen LogP contribution in [0.5, 0.6) is 0 Å². The number of rotatable bonds is 4. The number of amides is 1. The van der Waals surface area contributed by atoms with Gasteiger partial charge < -0.3 is 10.3 Å². The second-order valence-electron chi connectivity index (χ2n) is 5.23. The van der Waals surface area contributed by atoms with E-state index in [-0.39, 0.29) is 12.2 Å². The molecule has 2 aromatic carbocycles. The number of H-pyrrole nitrogens is 1. The van der Waals surface area contributed by atoms with Gasteiger partial charge in [0.05, 0.1) is 12.2 Å². The van der Waals surface area contributed by atoms with Crippen molar-refractivity contribution in [3.63, 3.8) is 0 Å². The van der Waals surface area contributed by atoms with E-state index in [4.69, 9.17) is 0 Å². The molecule has 0 bridgehead atoms. The van der Waals surface area contributed by atoms with Gasteiger partial charge in [-0.15, -0.1) is 0 Å². The van der Waals surface area contributed by atoms with Crippen LogP contribution in [0.1, 0.15) is 16.1 Å². The molecule has 3 rings (SSSR count). The molecule has 0 atom stereocenters. The third-order valence-electron chi connectivity index (χ3n) is 3.57. The minimum absolute atomic E-state index is 0.0713. The van der Waals surface area contributed by atoms with Crippen molar-refractivity contribution < 1.29 is 18.0 Å². The maximum absolute atomic E-state index is 13.7. The predicted octanol–water partition coefficient (Wildman–Crippen LogP) is 2.89. The third-order valence-corrected chi connectivity index (χ3v) is 3.57. The van der Waals surface area contributed by atoms with Crippen molar-refractivity contribution in [3.05, 3.63) is 87.9 Å². The van der Waals surface area contributed by atoms with Crippen molar-refractivity contribution in [2.45, 2.75) is 6.54 Å². The van der Waals surface area contributed by atoms with Gasteiger partial charge >= 0.3 is 5.69 Å². The number of aromatic nitrogens is 2. The first-order valence-electron chi connectivity index (χ1n) is 7.24. The standard InChI is InChI=1S/C17H12F3N3O2/c18-11-6-7-12(15(20)14(11)19)22-16(24)13-8-21-17(25)23(13)9-10-4-2-1-3-5-10/h1-8H,9H2,(H,21,25)(H,22,24). The summed E-state index contributed by atoms with van der Waals surface area (Å²) in [6.07, 6.45) is 1.17. The fourth-order valence-corrected chi connectivity index (χ4v) is 2.32. The summed E-state index contributed by atoms with van der Waals surface area (Å²) in [5, 5.41) is 2.13. The normalized spacial score (nSPS) is 10.7. The minimum atomic E-state index is -1.69. The van der Waals surface area contributed by atoms with Crippen LogP contribution in [0.4, 0.5) is 18.9 Å². The van der Waals surface area contributed by atoms with E-state index < -0.39 is 34.7 Å². The molecule has 0 radical (unpaired) electrons. The first kappa shape index (κ1) is 16.6. The largest absolute Gasteiger partial charge is 0.326 e. The quantitative estimate of drug-likeness (QED) is 0.713. The Morgan fingerprint density at radius 2 is 1.76 bits per heavy atom. The number of benzene rings is 2. The van der Waals surface area contributed by atoms with Gasteiger partial charge in [-0.05, 0) is 17.7 Å². The van der Waals surface area contributed by atoms with Crippen LogP contribution in [0.15, 0.2) is 53.5 Å². The molecular weight excluding hydrogens is 335 g/mol. The number of halogens is 3. The van der Waals surface area contributed by atoms with Gasteiger partial charge in [0, 0.05) is 6.20 Å². The van der Waals surface area contributed by atoms with E-state index >= 15 is 0 Å². The number of hydrogen-bond acceptors (Lipinski definition) is 2. The number of anilines is 1. The number of imidazole rings is 1. The first-order valence-corrected chi connectivity index (χ1v) is 7.24. The molecule has 2 N–H and O–H groups in total. The Morgan fingerprint density at radius 3 is 2.48 bits per heavy atom. The summed E-state index contributed by atoms with van der Waals surface area (Å²) >= 11 is 0. The lowest BCUT2D eigenvalue weighted by Crippen LogP contribution is -2.25. The molecule has 5 nitrogen and oxygen atoms in total. The number of carbonyl (C=O) groups excluding carboxylic acids is 1. The zero-order valence-corrected chi connectivity index (χ0v) is 12.7. The Balaban J connectivity index is 1.89. The van der Waals surface area contributed by atoms with E-state index in [1.165, 1.54) is 6.20 Å². The molecule has 3 aromatic rings. The molecule has 0 fully saturated rings. The van der Waals surface area contributed by atoms with Gasteiger partial charge in [-0.1, -0.05) is 30.3 Å². The number of nitrogens with one attached hydrogen (secondary N) is 2. The van der Waals surface area contributed by atoms with Crippen molar-refractivity contribution >= 4 is 11.6 Å². The number of nitrogens with zero attached hydrogens (tertiary/aromatic N) is 1. The van der Waals surface area contributed by atoms with Crippen LogP contribution in [0, 0.1) is 17.5 Å². The molecule has 128 valence electrons. The molecule has 25 heavy (non-hydrogen) atoms. The van der Waals surface area contributed by atoms with Crippen LogP contribution in [0.2, 0.25) is 0 Å². The Morgan fingerprint density at radius 1 is 1.04 bits per heavy atom. The fourth-order valence-electron chi connectivity index (χ4n) is 2.32. The van der Waals surface area contributed by atoms with Gasteiger partial charge in [-0.25, -0.2) is 18.0 Å². The van der Waals surface area contributed by atoms with E-state index in [0.29, 0.717) is 6.07 Å². The molecular formula is C17H12F3N3O2. The molecule has 0 spiro atoms. The van der Waals surface area contributed by atoms with E-state index in [2.05, 4.69) is 10.3 Å². The van der Waals surface area contributed by atoms with E-state index in [1.54, 1.807) is 24.3 Å². The fraction of sp³-hybridized carbons (Fsp3) is 0.0588. The molecule has 0 aliphatic carbocycles. The van der Waals surface area contributed by atoms with Crippen LogP contribution in [-0.4, -0.2) is 15.5 Å². The molecule has 1 amide bonds. The summed E-state index contributed by atoms with van der Waals surface area (Å²) in [5.41, 5.74) is -0.348. The van der Waals surface area contributed by atoms with Crippen LogP contribution in [0.3, 0.4) is 0 Å². The highest BCUT2D eigenvalue weighted by Crippen LogP contribution is 2.20. The zero-order valence-electron chi connectivity index (χ0n) is 12.7. The second kappa shape index (κ2) is 6.68. The van der Waals surface area contributed by atoms with Crippen molar-refractivity contribution in [2.75, 3.05) is 5.32 Å². The molecule has 0 aliphatic heterocycles. The predicted molar refractivity (Wildman–Crippen MR) is 84.9 cm³/mol. The monoisotopic (exact) mass is 347 g/mol.